The van der Waals surface area contributed by atoms with Gasteiger partial charge in [-0.1, -0.05) is 67.4 Å². The highest BCUT2D eigenvalue weighted by Gasteiger charge is 2.33. The molecule has 2 aromatic carbocycles. The van der Waals surface area contributed by atoms with Gasteiger partial charge in [0, 0.05) is 0 Å². The molecule has 1 saturated carbocycles. The number of carbonyl (C=O) groups is 3. The number of thioether (sulfide) groups is 1. The van der Waals surface area contributed by atoms with Crippen LogP contribution in [0.5, 0.6) is 5.75 Å². The number of benzene rings is 2. The number of amides is 3. The Bertz CT molecular complexity index is 973. The summed E-state index contributed by atoms with van der Waals surface area (Å²) in [7, 11) is 0. The first-order chi connectivity index (χ1) is 15.0. The van der Waals surface area contributed by atoms with E-state index in [9.17, 15) is 19.5 Å². The number of hydrogen-bond donors (Lipinski definition) is 3. The molecule has 2 aromatic rings. The van der Waals surface area contributed by atoms with Gasteiger partial charge < -0.3 is 10.4 Å². The summed E-state index contributed by atoms with van der Waals surface area (Å²) in [6, 6.07) is 14.7. The molecule has 7 heteroatoms. The molecule has 2 unspecified atom stereocenters. The Kier molecular flexibility index (Phi) is 6.61. The molecule has 162 valence electrons. The van der Waals surface area contributed by atoms with Crippen LogP contribution >= 0.6 is 11.8 Å². The second-order valence-corrected chi connectivity index (χ2v) is 9.39. The van der Waals surface area contributed by atoms with Crippen molar-refractivity contribution in [1.29, 1.82) is 0 Å². The fourth-order valence-corrected chi connectivity index (χ4v) is 5.39. The van der Waals surface area contributed by atoms with Crippen LogP contribution in [0, 0.1) is 5.92 Å². The zero-order valence-electron chi connectivity index (χ0n) is 17.2. The van der Waals surface area contributed by atoms with Gasteiger partial charge in [-0.15, -0.1) is 0 Å². The summed E-state index contributed by atoms with van der Waals surface area (Å²) < 4.78 is 0. The molecule has 3 amide bonds. The van der Waals surface area contributed by atoms with Gasteiger partial charge in [-0.2, -0.15) is 0 Å². The van der Waals surface area contributed by atoms with Gasteiger partial charge in [0.2, 0.25) is 11.8 Å². The molecule has 2 fully saturated rings. The molecule has 4 rings (SSSR count). The Morgan fingerprint density at radius 1 is 1.10 bits per heavy atom. The van der Waals surface area contributed by atoms with Gasteiger partial charge in [0.1, 0.15) is 5.75 Å². The zero-order valence-corrected chi connectivity index (χ0v) is 18.0. The number of hydrogen-bond acceptors (Lipinski definition) is 5. The average molecular weight is 439 g/mol. The zero-order chi connectivity index (χ0) is 21.8. The number of nitrogens with one attached hydrogen (secondary N) is 2. The Balaban J connectivity index is 1.54. The molecule has 1 saturated heterocycles. The number of rotatable bonds is 6. The number of phenols is 1. The lowest BCUT2D eigenvalue weighted by Crippen LogP contribution is -2.29. The molecule has 6 nitrogen and oxygen atoms in total. The normalized spacial score (nSPS) is 20.3. The maximum absolute atomic E-state index is 13.4. The minimum atomic E-state index is -0.500. The Morgan fingerprint density at radius 3 is 2.52 bits per heavy atom. The van der Waals surface area contributed by atoms with Gasteiger partial charge in [0.05, 0.1) is 16.9 Å². The lowest BCUT2D eigenvalue weighted by atomic mass is 9.76. The maximum atomic E-state index is 13.4. The molecule has 2 aliphatic rings. The standard InChI is InChI=1S/C24H26N2O4S/c27-19-12-11-15(14-20-22(28)26-24(30)31-20)13-18(19)25-23(29)21(16-7-3-1-4-8-16)17-9-5-2-6-10-17/h1,3-4,7-8,11-13,17,20-21,27H,2,5-6,9-10,14H2,(H,25,29)(H,26,28,30). The van der Waals surface area contributed by atoms with Crippen LogP contribution in [0.15, 0.2) is 48.5 Å². The number of imide groups is 1. The van der Waals surface area contributed by atoms with E-state index in [4.69, 9.17) is 0 Å². The Hall–Kier alpha value is -2.80. The number of anilines is 1. The highest BCUT2D eigenvalue weighted by molar-refractivity contribution is 8.15. The van der Waals surface area contributed by atoms with Crippen molar-refractivity contribution in [3.63, 3.8) is 0 Å². The fourth-order valence-electron chi connectivity index (χ4n) is 4.53. The molecule has 0 bridgehead atoms. The molecule has 0 radical (unpaired) electrons. The molecule has 1 heterocycles. The predicted molar refractivity (Wildman–Crippen MR) is 121 cm³/mol. The van der Waals surface area contributed by atoms with Crippen molar-refractivity contribution in [3.05, 3.63) is 59.7 Å². The lowest BCUT2D eigenvalue weighted by molar-refractivity contribution is -0.119. The maximum Gasteiger partial charge on any atom is 0.286 e. The van der Waals surface area contributed by atoms with E-state index < -0.39 is 5.25 Å². The SMILES string of the molecule is O=C1NC(=O)C(Cc2ccc(O)c(NC(=O)C(c3ccccc3)C3CCCCC3)c2)S1. The van der Waals surface area contributed by atoms with E-state index >= 15 is 0 Å². The summed E-state index contributed by atoms with van der Waals surface area (Å²) in [5.41, 5.74) is 2.08. The summed E-state index contributed by atoms with van der Waals surface area (Å²) in [6.45, 7) is 0. The fraction of sp³-hybridized carbons (Fsp3) is 0.375. The van der Waals surface area contributed by atoms with Gasteiger partial charge in [0.25, 0.3) is 5.24 Å². The second kappa shape index (κ2) is 9.56. The molecule has 1 aliphatic carbocycles. The van der Waals surface area contributed by atoms with Crippen molar-refractivity contribution < 1.29 is 19.5 Å². The first-order valence-corrected chi connectivity index (χ1v) is 11.6. The molecule has 0 aromatic heterocycles. The quantitative estimate of drug-likeness (QED) is 0.574. The smallest absolute Gasteiger partial charge is 0.286 e. The topological polar surface area (TPSA) is 95.5 Å². The molecule has 0 spiro atoms. The second-order valence-electron chi connectivity index (χ2n) is 8.21. The summed E-state index contributed by atoms with van der Waals surface area (Å²) in [5, 5.41) is 14.7. The van der Waals surface area contributed by atoms with Crippen molar-refractivity contribution in [1.82, 2.24) is 5.32 Å². The monoisotopic (exact) mass is 438 g/mol. The molecule has 3 N–H and O–H groups in total. The molecule has 2 atom stereocenters. The van der Waals surface area contributed by atoms with E-state index in [2.05, 4.69) is 10.6 Å². The van der Waals surface area contributed by atoms with Gasteiger partial charge in [-0.3, -0.25) is 19.7 Å². The van der Waals surface area contributed by atoms with Crippen LogP contribution < -0.4 is 10.6 Å². The van der Waals surface area contributed by atoms with Crippen LogP contribution in [0.2, 0.25) is 0 Å². The van der Waals surface area contributed by atoms with Crippen LogP contribution in [0.3, 0.4) is 0 Å². The Labute approximate surface area is 185 Å². The first-order valence-electron chi connectivity index (χ1n) is 10.7. The minimum Gasteiger partial charge on any atom is -0.506 e. The lowest BCUT2D eigenvalue weighted by Gasteiger charge is -2.30. The van der Waals surface area contributed by atoms with E-state index in [0.717, 1.165) is 48.6 Å². The average Bonchev–Trinajstić information content (AvgIpc) is 3.09. The van der Waals surface area contributed by atoms with Crippen molar-refractivity contribution in [2.75, 3.05) is 5.32 Å². The van der Waals surface area contributed by atoms with Crippen LogP contribution in [0.25, 0.3) is 0 Å². The third-order valence-corrected chi connectivity index (χ3v) is 7.05. The summed E-state index contributed by atoms with van der Waals surface area (Å²) in [4.78, 5) is 36.7. The van der Waals surface area contributed by atoms with Crippen LogP contribution in [0.1, 0.15) is 49.1 Å². The third kappa shape index (κ3) is 5.10. The van der Waals surface area contributed by atoms with Crippen molar-refractivity contribution in [3.8, 4) is 5.75 Å². The number of phenolic OH excluding ortho intramolecular Hbond substituents is 1. The van der Waals surface area contributed by atoms with Crippen molar-refractivity contribution >= 4 is 34.5 Å². The molecule has 31 heavy (non-hydrogen) atoms. The molecular weight excluding hydrogens is 412 g/mol. The summed E-state index contributed by atoms with van der Waals surface area (Å²) in [6.07, 6.45) is 5.83. The first kappa shape index (κ1) is 21.4. The van der Waals surface area contributed by atoms with Crippen molar-refractivity contribution in [2.45, 2.75) is 49.7 Å². The Morgan fingerprint density at radius 2 is 1.84 bits per heavy atom. The van der Waals surface area contributed by atoms with Crippen molar-refractivity contribution in [2.24, 2.45) is 5.92 Å². The van der Waals surface area contributed by atoms with Crippen LogP contribution in [-0.2, 0) is 16.0 Å². The summed E-state index contributed by atoms with van der Waals surface area (Å²) in [5.74, 6) is -0.472. The molecule has 1 aliphatic heterocycles. The van der Waals surface area contributed by atoms with Crippen LogP contribution in [0.4, 0.5) is 10.5 Å². The largest absolute Gasteiger partial charge is 0.506 e. The van der Waals surface area contributed by atoms with E-state index in [0.29, 0.717) is 12.1 Å². The van der Waals surface area contributed by atoms with E-state index in [-0.39, 0.29) is 34.6 Å². The van der Waals surface area contributed by atoms with Gasteiger partial charge >= 0.3 is 0 Å². The van der Waals surface area contributed by atoms with E-state index in [1.165, 1.54) is 12.5 Å². The van der Waals surface area contributed by atoms with Crippen LogP contribution in [-0.4, -0.2) is 27.4 Å². The van der Waals surface area contributed by atoms with Gasteiger partial charge in [0.15, 0.2) is 0 Å². The predicted octanol–water partition coefficient (Wildman–Crippen LogP) is 4.59. The minimum absolute atomic E-state index is 0.0211. The highest BCUT2D eigenvalue weighted by atomic mass is 32.2. The number of aromatic hydroxyl groups is 1. The van der Waals surface area contributed by atoms with Gasteiger partial charge in [-0.25, -0.2) is 0 Å². The molecular formula is C24H26N2O4S. The van der Waals surface area contributed by atoms with E-state index in [1.807, 2.05) is 30.3 Å². The van der Waals surface area contributed by atoms with E-state index in [1.54, 1.807) is 12.1 Å². The highest BCUT2D eigenvalue weighted by Crippen LogP contribution is 2.38. The van der Waals surface area contributed by atoms with Gasteiger partial charge in [-0.05, 0) is 48.4 Å². The number of carbonyl (C=O) groups excluding carboxylic acids is 3. The summed E-state index contributed by atoms with van der Waals surface area (Å²) >= 11 is 0.964. The third-order valence-electron chi connectivity index (χ3n) is 6.07.